The highest BCUT2D eigenvalue weighted by Gasteiger charge is 2.30. The van der Waals surface area contributed by atoms with Crippen LogP contribution in [0.3, 0.4) is 0 Å². The van der Waals surface area contributed by atoms with E-state index < -0.39 is 10.2 Å². The molecule has 1 saturated heterocycles. The zero-order valence-corrected chi connectivity index (χ0v) is 13.8. The van der Waals surface area contributed by atoms with Crippen molar-refractivity contribution in [3.63, 3.8) is 0 Å². The van der Waals surface area contributed by atoms with Crippen LogP contribution >= 0.6 is 11.3 Å². The molecule has 21 heavy (non-hydrogen) atoms. The number of aryl methyl sites for hydroxylation is 1. The van der Waals surface area contributed by atoms with Crippen LogP contribution in [0.4, 0.5) is 5.13 Å². The summed E-state index contributed by atoms with van der Waals surface area (Å²) >= 11 is 1.36. The Morgan fingerprint density at radius 2 is 2.24 bits per heavy atom. The van der Waals surface area contributed by atoms with Crippen molar-refractivity contribution in [1.29, 1.82) is 0 Å². The lowest BCUT2D eigenvalue weighted by atomic mass is 10.00. The van der Waals surface area contributed by atoms with Crippen LogP contribution in [0, 0.1) is 12.8 Å². The molecular weight excluding hydrogens is 308 g/mol. The number of nitrogens with one attached hydrogen (secondary N) is 2. The van der Waals surface area contributed by atoms with Gasteiger partial charge in [0.15, 0.2) is 5.13 Å². The summed E-state index contributed by atoms with van der Waals surface area (Å²) in [5.74, 6) is 0.411. The topological polar surface area (TPSA) is 74.3 Å². The highest BCUT2D eigenvalue weighted by atomic mass is 32.2. The molecule has 2 N–H and O–H groups in total. The maximum absolute atomic E-state index is 12.4. The Labute approximate surface area is 130 Å². The van der Waals surface area contributed by atoms with Crippen LogP contribution in [0.15, 0.2) is 6.20 Å². The largest absolute Gasteiger partial charge is 0.314 e. The monoisotopic (exact) mass is 330 g/mol. The maximum atomic E-state index is 12.4. The second-order valence-electron chi connectivity index (χ2n) is 5.93. The van der Waals surface area contributed by atoms with Gasteiger partial charge in [-0.05, 0) is 45.1 Å². The summed E-state index contributed by atoms with van der Waals surface area (Å²) in [5, 5.41) is 3.95. The van der Waals surface area contributed by atoms with Crippen LogP contribution in [0.5, 0.6) is 0 Å². The molecule has 1 aromatic heterocycles. The molecule has 2 fully saturated rings. The van der Waals surface area contributed by atoms with Crippen LogP contribution in [0.2, 0.25) is 0 Å². The van der Waals surface area contributed by atoms with Crippen molar-refractivity contribution in [2.45, 2.75) is 38.6 Å². The fraction of sp³-hybridized carbons (Fsp3) is 0.769. The second kappa shape index (κ2) is 6.20. The molecule has 118 valence electrons. The minimum atomic E-state index is -3.48. The van der Waals surface area contributed by atoms with Gasteiger partial charge in [-0.15, -0.1) is 11.3 Å². The molecule has 2 heterocycles. The van der Waals surface area contributed by atoms with Gasteiger partial charge in [0.1, 0.15) is 0 Å². The summed E-state index contributed by atoms with van der Waals surface area (Å²) in [4.78, 5) is 5.07. The summed E-state index contributed by atoms with van der Waals surface area (Å²) in [6.45, 7) is 4.03. The SMILES string of the molecule is Cc1cnc(NS(=O)(=O)N2CCCC(CNC3CC3)C2)s1. The van der Waals surface area contributed by atoms with Gasteiger partial charge in [0.2, 0.25) is 0 Å². The molecule has 0 spiro atoms. The zero-order chi connectivity index (χ0) is 14.9. The molecule has 3 rings (SSSR count). The molecule has 1 atom stereocenters. The average molecular weight is 330 g/mol. The number of hydrogen-bond acceptors (Lipinski definition) is 5. The quantitative estimate of drug-likeness (QED) is 0.830. The molecule has 0 amide bonds. The van der Waals surface area contributed by atoms with Crippen LogP contribution < -0.4 is 10.0 Å². The first-order chi connectivity index (χ1) is 10.0. The predicted molar refractivity (Wildman–Crippen MR) is 84.7 cm³/mol. The van der Waals surface area contributed by atoms with Gasteiger partial charge in [-0.1, -0.05) is 0 Å². The van der Waals surface area contributed by atoms with Gasteiger partial charge in [-0.25, -0.2) is 9.71 Å². The Balaban J connectivity index is 1.58. The molecule has 6 nitrogen and oxygen atoms in total. The van der Waals surface area contributed by atoms with Crippen molar-refractivity contribution in [3.8, 4) is 0 Å². The van der Waals surface area contributed by atoms with Crippen molar-refractivity contribution in [2.24, 2.45) is 5.92 Å². The average Bonchev–Trinajstić information content (AvgIpc) is 3.20. The molecule has 0 radical (unpaired) electrons. The Morgan fingerprint density at radius 1 is 1.43 bits per heavy atom. The van der Waals surface area contributed by atoms with Crippen LogP contribution in [-0.2, 0) is 10.2 Å². The first-order valence-corrected chi connectivity index (χ1v) is 9.72. The molecule has 8 heteroatoms. The van der Waals surface area contributed by atoms with Crippen molar-refractivity contribution in [1.82, 2.24) is 14.6 Å². The molecule has 1 unspecified atom stereocenters. The fourth-order valence-corrected chi connectivity index (χ4v) is 4.79. The molecule has 1 saturated carbocycles. The summed E-state index contributed by atoms with van der Waals surface area (Å²) < 4.78 is 29.0. The minimum absolute atomic E-state index is 0.411. The van der Waals surface area contributed by atoms with E-state index in [0.717, 1.165) is 24.3 Å². The lowest BCUT2D eigenvalue weighted by Gasteiger charge is -2.31. The molecule has 2 aliphatic rings. The maximum Gasteiger partial charge on any atom is 0.303 e. The van der Waals surface area contributed by atoms with E-state index in [2.05, 4.69) is 15.0 Å². The standard InChI is InChI=1S/C13H22N4O2S2/c1-10-7-15-13(20-10)16-21(18,19)17-6-2-3-11(9-17)8-14-12-4-5-12/h7,11-12,14H,2-6,8-9H2,1H3,(H,15,16). The van der Waals surface area contributed by atoms with Crippen LogP contribution in [0.1, 0.15) is 30.6 Å². The zero-order valence-electron chi connectivity index (χ0n) is 12.2. The number of piperidine rings is 1. The lowest BCUT2D eigenvalue weighted by molar-refractivity contribution is 0.261. The molecule has 1 aliphatic heterocycles. The molecule has 0 aromatic carbocycles. The van der Waals surface area contributed by atoms with Gasteiger partial charge < -0.3 is 5.32 Å². The molecule has 0 bridgehead atoms. The van der Waals surface area contributed by atoms with Crippen LogP contribution in [-0.4, -0.2) is 43.4 Å². The highest BCUT2D eigenvalue weighted by molar-refractivity contribution is 7.90. The summed E-state index contributed by atoms with van der Waals surface area (Å²) in [6.07, 6.45) is 6.23. The third-order valence-electron chi connectivity index (χ3n) is 3.93. The fourth-order valence-electron chi connectivity index (χ4n) is 2.61. The van der Waals surface area contributed by atoms with Crippen LogP contribution in [0.25, 0.3) is 0 Å². The first kappa shape index (κ1) is 15.2. The molecule has 1 aromatic rings. The van der Waals surface area contributed by atoms with Crippen molar-refractivity contribution >= 4 is 26.7 Å². The Hall–Kier alpha value is -0.700. The first-order valence-electron chi connectivity index (χ1n) is 7.46. The predicted octanol–water partition coefficient (Wildman–Crippen LogP) is 1.57. The van der Waals surface area contributed by atoms with E-state index in [9.17, 15) is 8.42 Å². The van der Waals surface area contributed by atoms with Crippen molar-refractivity contribution < 1.29 is 8.42 Å². The number of nitrogens with zero attached hydrogens (tertiary/aromatic N) is 2. The lowest BCUT2D eigenvalue weighted by Crippen LogP contribution is -2.45. The van der Waals surface area contributed by atoms with E-state index >= 15 is 0 Å². The smallest absolute Gasteiger partial charge is 0.303 e. The Morgan fingerprint density at radius 3 is 2.90 bits per heavy atom. The summed E-state index contributed by atoms with van der Waals surface area (Å²) in [7, 11) is -3.48. The van der Waals surface area contributed by atoms with E-state index in [1.807, 2.05) is 6.92 Å². The second-order valence-corrected chi connectivity index (χ2v) is 8.84. The van der Waals surface area contributed by atoms with E-state index in [1.165, 1.54) is 24.2 Å². The van der Waals surface area contributed by atoms with E-state index in [-0.39, 0.29) is 0 Å². The molecular formula is C13H22N4O2S2. The molecule has 1 aliphatic carbocycles. The van der Waals surface area contributed by atoms with E-state index in [4.69, 9.17) is 0 Å². The minimum Gasteiger partial charge on any atom is -0.314 e. The Bertz CT molecular complexity index is 583. The third-order valence-corrected chi connectivity index (χ3v) is 6.35. The van der Waals surface area contributed by atoms with Gasteiger partial charge in [0.05, 0.1) is 0 Å². The number of rotatable bonds is 6. The number of hydrogen-bond donors (Lipinski definition) is 2. The van der Waals surface area contributed by atoms with Gasteiger partial charge >= 0.3 is 10.2 Å². The number of aromatic nitrogens is 1. The van der Waals surface area contributed by atoms with Gasteiger partial charge in [0.25, 0.3) is 0 Å². The normalized spacial score (nSPS) is 24.1. The van der Waals surface area contributed by atoms with E-state index in [0.29, 0.717) is 30.2 Å². The Kier molecular flexibility index (Phi) is 4.49. The van der Waals surface area contributed by atoms with Gasteiger partial charge in [0, 0.05) is 30.2 Å². The van der Waals surface area contributed by atoms with Gasteiger partial charge in [-0.2, -0.15) is 12.7 Å². The number of anilines is 1. The van der Waals surface area contributed by atoms with Gasteiger partial charge in [-0.3, -0.25) is 0 Å². The summed E-state index contributed by atoms with van der Waals surface area (Å²) in [6, 6.07) is 0.674. The highest BCUT2D eigenvalue weighted by Crippen LogP contribution is 2.24. The number of thiazole rings is 1. The van der Waals surface area contributed by atoms with E-state index in [1.54, 1.807) is 10.5 Å². The third kappa shape index (κ3) is 4.15. The van der Waals surface area contributed by atoms with Crippen molar-refractivity contribution in [2.75, 3.05) is 24.4 Å². The summed E-state index contributed by atoms with van der Waals surface area (Å²) in [5.41, 5.74) is 0. The van der Waals surface area contributed by atoms with Crippen molar-refractivity contribution in [3.05, 3.63) is 11.1 Å².